The van der Waals surface area contributed by atoms with Crippen molar-refractivity contribution in [3.8, 4) is 5.69 Å². The van der Waals surface area contributed by atoms with Gasteiger partial charge in [0.25, 0.3) is 0 Å². The number of amides is 1. The van der Waals surface area contributed by atoms with Crippen LogP contribution in [0, 0.1) is 12.8 Å². The fraction of sp³-hybridized carbons (Fsp3) is 0.421. The van der Waals surface area contributed by atoms with Gasteiger partial charge in [0.05, 0.1) is 30.1 Å². The minimum Gasteiger partial charge on any atom is -0.462 e. The predicted octanol–water partition coefficient (Wildman–Crippen LogP) is 2.30. The number of nitrogens with one attached hydrogen (secondary N) is 2. The minimum atomic E-state index is -0.384. The van der Waals surface area contributed by atoms with Crippen molar-refractivity contribution in [1.29, 1.82) is 0 Å². The normalized spacial score (nSPS) is 16.9. The fourth-order valence-corrected chi connectivity index (χ4v) is 3.11. The molecule has 3 rings (SSSR count). The first kappa shape index (κ1) is 18.1. The molecule has 138 valence electrons. The molecule has 0 bridgehead atoms. The molecule has 1 atom stereocenters. The molecular formula is C19H24N4O3. The zero-order chi connectivity index (χ0) is 18.5. The van der Waals surface area contributed by atoms with Crippen molar-refractivity contribution in [3.05, 3.63) is 41.7 Å². The van der Waals surface area contributed by atoms with Gasteiger partial charge in [0, 0.05) is 12.2 Å². The monoisotopic (exact) mass is 356 g/mol. The van der Waals surface area contributed by atoms with E-state index in [2.05, 4.69) is 15.7 Å². The first-order valence-corrected chi connectivity index (χ1v) is 8.94. The summed E-state index contributed by atoms with van der Waals surface area (Å²) in [4.78, 5) is 24.4. The molecule has 1 aromatic carbocycles. The summed E-state index contributed by atoms with van der Waals surface area (Å²) in [5.74, 6) is -0.362. The van der Waals surface area contributed by atoms with Gasteiger partial charge in [-0.1, -0.05) is 6.07 Å². The summed E-state index contributed by atoms with van der Waals surface area (Å²) in [5, 5.41) is 10.5. The minimum absolute atomic E-state index is 0.00531. The Balaban J connectivity index is 1.77. The molecule has 2 aromatic rings. The van der Waals surface area contributed by atoms with Gasteiger partial charge in [0.2, 0.25) is 5.91 Å². The van der Waals surface area contributed by atoms with Crippen LogP contribution in [-0.4, -0.2) is 41.4 Å². The summed E-state index contributed by atoms with van der Waals surface area (Å²) in [6, 6.07) is 7.44. The van der Waals surface area contributed by atoms with E-state index in [1.165, 1.54) is 6.20 Å². The number of carbonyl (C=O) groups is 2. The Morgan fingerprint density at radius 1 is 1.42 bits per heavy atom. The van der Waals surface area contributed by atoms with Gasteiger partial charge < -0.3 is 15.4 Å². The third-order valence-corrected chi connectivity index (χ3v) is 4.53. The molecule has 0 spiro atoms. The fourth-order valence-electron chi connectivity index (χ4n) is 3.11. The topological polar surface area (TPSA) is 85.2 Å². The van der Waals surface area contributed by atoms with Gasteiger partial charge in [-0.3, -0.25) is 4.79 Å². The molecule has 7 nitrogen and oxygen atoms in total. The van der Waals surface area contributed by atoms with Gasteiger partial charge in [-0.05, 0) is 51.4 Å². The number of ether oxygens (including phenoxy) is 1. The van der Waals surface area contributed by atoms with Crippen LogP contribution in [0.1, 0.15) is 35.8 Å². The highest BCUT2D eigenvalue weighted by Crippen LogP contribution is 2.20. The van der Waals surface area contributed by atoms with Gasteiger partial charge in [-0.25, -0.2) is 9.48 Å². The van der Waals surface area contributed by atoms with Crippen molar-refractivity contribution in [1.82, 2.24) is 15.1 Å². The van der Waals surface area contributed by atoms with E-state index in [1.807, 2.05) is 31.2 Å². The van der Waals surface area contributed by atoms with Crippen LogP contribution < -0.4 is 10.6 Å². The molecule has 1 unspecified atom stereocenters. The van der Waals surface area contributed by atoms with Crippen LogP contribution in [0.3, 0.4) is 0 Å². The van der Waals surface area contributed by atoms with Crippen LogP contribution in [0.5, 0.6) is 0 Å². The Hall–Kier alpha value is -2.67. The highest BCUT2D eigenvalue weighted by Gasteiger charge is 2.21. The molecule has 1 amide bonds. The maximum atomic E-state index is 12.4. The van der Waals surface area contributed by atoms with Crippen molar-refractivity contribution in [2.45, 2.75) is 26.7 Å². The average molecular weight is 356 g/mol. The summed E-state index contributed by atoms with van der Waals surface area (Å²) >= 11 is 0. The lowest BCUT2D eigenvalue weighted by atomic mass is 9.99. The highest BCUT2D eigenvalue weighted by atomic mass is 16.5. The van der Waals surface area contributed by atoms with E-state index in [0.29, 0.717) is 30.1 Å². The Morgan fingerprint density at radius 2 is 2.27 bits per heavy atom. The molecular weight excluding hydrogens is 332 g/mol. The zero-order valence-corrected chi connectivity index (χ0v) is 15.1. The molecule has 1 aliphatic heterocycles. The van der Waals surface area contributed by atoms with E-state index in [-0.39, 0.29) is 17.8 Å². The van der Waals surface area contributed by atoms with E-state index in [1.54, 1.807) is 11.6 Å². The van der Waals surface area contributed by atoms with Crippen LogP contribution in [0.15, 0.2) is 30.5 Å². The maximum Gasteiger partial charge on any atom is 0.341 e. The van der Waals surface area contributed by atoms with Gasteiger partial charge in [-0.2, -0.15) is 5.10 Å². The molecule has 26 heavy (non-hydrogen) atoms. The van der Waals surface area contributed by atoms with E-state index in [4.69, 9.17) is 4.74 Å². The lowest BCUT2D eigenvalue weighted by molar-refractivity contribution is -0.120. The zero-order valence-electron chi connectivity index (χ0n) is 15.1. The largest absolute Gasteiger partial charge is 0.462 e. The van der Waals surface area contributed by atoms with Crippen LogP contribution >= 0.6 is 0 Å². The van der Waals surface area contributed by atoms with E-state index >= 15 is 0 Å². The molecule has 0 aliphatic carbocycles. The Bertz CT molecular complexity index is 794. The lowest BCUT2D eigenvalue weighted by Gasteiger charge is -2.22. The summed E-state index contributed by atoms with van der Waals surface area (Å²) in [6.07, 6.45) is 3.42. The molecule has 1 saturated heterocycles. The first-order valence-electron chi connectivity index (χ1n) is 8.94. The molecule has 2 N–H and O–H groups in total. The summed E-state index contributed by atoms with van der Waals surface area (Å²) in [7, 11) is 0. The number of benzene rings is 1. The van der Waals surface area contributed by atoms with Gasteiger partial charge >= 0.3 is 5.97 Å². The highest BCUT2D eigenvalue weighted by molar-refractivity contribution is 5.93. The second-order valence-corrected chi connectivity index (χ2v) is 6.36. The van der Waals surface area contributed by atoms with Crippen molar-refractivity contribution >= 4 is 17.6 Å². The van der Waals surface area contributed by atoms with Gasteiger partial charge in [0.1, 0.15) is 5.56 Å². The van der Waals surface area contributed by atoms with Crippen LogP contribution in [-0.2, 0) is 9.53 Å². The number of hydrogen-bond acceptors (Lipinski definition) is 5. The molecule has 0 radical (unpaired) electrons. The second kappa shape index (κ2) is 8.14. The number of rotatable bonds is 5. The Morgan fingerprint density at radius 3 is 3.00 bits per heavy atom. The van der Waals surface area contributed by atoms with Gasteiger partial charge in [0.15, 0.2) is 0 Å². The number of carbonyl (C=O) groups excluding carboxylic acids is 2. The average Bonchev–Trinajstić information content (AvgIpc) is 3.04. The predicted molar refractivity (Wildman–Crippen MR) is 98.5 cm³/mol. The molecule has 2 heterocycles. The van der Waals surface area contributed by atoms with Crippen LogP contribution in [0.4, 0.5) is 5.69 Å². The SMILES string of the molecule is CCOC(=O)c1cnn(-c2cccc(NC(=O)C3CCCNC3)c2)c1C. The van der Waals surface area contributed by atoms with E-state index in [0.717, 1.165) is 25.1 Å². The third kappa shape index (κ3) is 3.94. The van der Waals surface area contributed by atoms with Crippen molar-refractivity contribution in [3.63, 3.8) is 0 Å². The Labute approximate surface area is 152 Å². The van der Waals surface area contributed by atoms with E-state index in [9.17, 15) is 9.59 Å². The number of nitrogens with zero attached hydrogens (tertiary/aromatic N) is 2. The standard InChI is InChI=1S/C19H24N4O3/c1-3-26-19(25)17-12-21-23(13(17)2)16-8-4-7-15(10-16)22-18(24)14-6-5-9-20-11-14/h4,7-8,10,12,14,20H,3,5-6,9,11H2,1-2H3,(H,22,24). The maximum absolute atomic E-state index is 12.4. The Kier molecular flexibility index (Phi) is 5.68. The number of esters is 1. The molecule has 1 aliphatic rings. The third-order valence-electron chi connectivity index (χ3n) is 4.53. The molecule has 1 aromatic heterocycles. The van der Waals surface area contributed by atoms with Crippen molar-refractivity contribution in [2.75, 3.05) is 25.0 Å². The second-order valence-electron chi connectivity index (χ2n) is 6.36. The molecule has 7 heteroatoms. The number of piperidine rings is 1. The summed E-state index contributed by atoms with van der Waals surface area (Å²) < 4.78 is 6.72. The molecule has 0 saturated carbocycles. The van der Waals surface area contributed by atoms with E-state index < -0.39 is 0 Å². The van der Waals surface area contributed by atoms with Crippen LogP contribution in [0.2, 0.25) is 0 Å². The number of anilines is 1. The molecule has 1 fully saturated rings. The smallest absolute Gasteiger partial charge is 0.341 e. The quantitative estimate of drug-likeness (QED) is 0.803. The van der Waals surface area contributed by atoms with Gasteiger partial charge in [-0.15, -0.1) is 0 Å². The van der Waals surface area contributed by atoms with Crippen molar-refractivity contribution in [2.24, 2.45) is 5.92 Å². The summed E-state index contributed by atoms with van der Waals surface area (Å²) in [5.41, 5.74) is 2.63. The number of hydrogen-bond donors (Lipinski definition) is 2. The number of aromatic nitrogens is 2. The van der Waals surface area contributed by atoms with Crippen LogP contribution in [0.25, 0.3) is 5.69 Å². The van der Waals surface area contributed by atoms with Crippen molar-refractivity contribution < 1.29 is 14.3 Å². The lowest BCUT2D eigenvalue weighted by Crippen LogP contribution is -2.37. The first-order chi connectivity index (χ1) is 12.6. The summed E-state index contributed by atoms with van der Waals surface area (Å²) in [6.45, 7) is 5.60.